The van der Waals surface area contributed by atoms with Gasteiger partial charge in [0.15, 0.2) is 0 Å². The number of hydrogen-bond donors (Lipinski definition) is 2. The number of pyridine rings is 1. The molecule has 53 heavy (non-hydrogen) atoms. The Balaban J connectivity index is 1.30. The van der Waals surface area contributed by atoms with Crippen LogP contribution in [-0.4, -0.2) is 81.8 Å². The van der Waals surface area contributed by atoms with Crippen LogP contribution in [0.5, 0.6) is 0 Å². The highest BCUT2D eigenvalue weighted by molar-refractivity contribution is 6.24. The highest BCUT2D eigenvalue weighted by atomic mass is 19.4. The fraction of sp³-hybridized carbons (Fsp3) is 0.361. The SMILES string of the molecule is C[C@]12CCCN1N(Cc1c(F)cc(C#CCN3CCOCC3)cc1F)C(=O)C(C(=O)Nc1ccc(C(F)(F)F)cc1-c1ccc(C(F)(F)F)nc1)=C2O. The number of aliphatic hydroxyl groups is 1. The lowest BCUT2D eigenvalue weighted by Gasteiger charge is -2.46. The molecule has 2 fully saturated rings. The summed E-state index contributed by atoms with van der Waals surface area (Å²) in [5.41, 5.74) is -6.18. The number of nitrogens with zero attached hydrogens (tertiary/aromatic N) is 4. The number of aromatic nitrogens is 1. The molecule has 2 amide bonds. The van der Waals surface area contributed by atoms with Gasteiger partial charge in [-0.3, -0.25) is 24.5 Å². The number of ether oxygens (including phenoxy) is 1. The molecule has 2 N–H and O–H groups in total. The van der Waals surface area contributed by atoms with E-state index in [2.05, 4.69) is 22.1 Å². The van der Waals surface area contributed by atoms with E-state index >= 15 is 8.78 Å². The van der Waals surface area contributed by atoms with Gasteiger partial charge in [0.1, 0.15) is 28.7 Å². The molecule has 4 heterocycles. The lowest BCUT2D eigenvalue weighted by atomic mass is 9.90. The second-order valence-electron chi connectivity index (χ2n) is 12.8. The van der Waals surface area contributed by atoms with Crippen molar-refractivity contribution in [3.63, 3.8) is 0 Å². The number of hydrazine groups is 1. The Hall–Kier alpha value is -5.05. The molecular formula is C36H31F8N5O4. The van der Waals surface area contributed by atoms with E-state index in [4.69, 9.17) is 4.74 Å². The van der Waals surface area contributed by atoms with Crippen molar-refractivity contribution in [3.05, 3.63) is 94.0 Å². The molecule has 280 valence electrons. The fourth-order valence-corrected chi connectivity index (χ4v) is 6.51. The number of fused-ring (bicyclic) bond motifs is 1. The van der Waals surface area contributed by atoms with Crippen LogP contribution in [0.3, 0.4) is 0 Å². The van der Waals surface area contributed by atoms with Crippen LogP contribution in [0, 0.1) is 23.5 Å². The normalized spacial score (nSPS) is 19.9. The Morgan fingerprint density at radius 2 is 1.70 bits per heavy atom. The molecular weight excluding hydrogens is 718 g/mol. The first kappa shape index (κ1) is 37.7. The van der Waals surface area contributed by atoms with Crippen molar-refractivity contribution >= 4 is 17.5 Å². The first-order valence-corrected chi connectivity index (χ1v) is 16.3. The molecule has 2 saturated heterocycles. The first-order valence-electron chi connectivity index (χ1n) is 16.3. The number of carbonyl (C=O) groups excluding carboxylic acids is 2. The second kappa shape index (κ2) is 14.4. The Morgan fingerprint density at radius 1 is 1.00 bits per heavy atom. The number of nitrogens with one attached hydrogen (secondary N) is 1. The van der Waals surface area contributed by atoms with Crippen LogP contribution in [-0.2, 0) is 33.2 Å². The molecule has 3 aromatic rings. The van der Waals surface area contributed by atoms with Gasteiger partial charge in [0, 0.05) is 53.8 Å². The molecule has 3 aliphatic heterocycles. The zero-order valence-corrected chi connectivity index (χ0v) is 28.0. The monoisotopic (exact) mass is 749 g/mol. The van der Waals surface area contributed by atoms with Gasteiger partial charge in [-0.15, -0.1) is 0 Å². The minimum absolute atomic E-state index is 0.0567. The quantitative estimate of drug-likeness (QED) is 0.173. The number of benzene rings is 2. The average Bonchev–Trinajstić information content (AvgIpc) is 3.50. The number of hydrogen-bond acceptors (Lipinski definition) is 7. The number of morpholine rings is 1. The number of aliphatic hydroxyl groups excluding tert-OH is 1. The Labute approximate surface area is 297 Å². The van der Waals surface area contributed by atoms with Gasteiger partial charge in [-0.1, -0.05) is 17.9 Å². The largest absolute Gasteiger partial charge is 0.509 e. The van der Waals surface area contributed by atoms with E-state index in [0.717, 1.165) is 29.3 Å². The molecule has 0 radical (unpaired) electrons. The highest BCUT2D eigenvalue weighted by Gasteiger charge is 2.53. The molecule has 2 aromatic carbocycles. The molecule has 6 rings (SSSR count). The molecule has 1 aromatic heterocycles. The van der Waals surface area contributed by atoms with Crippen molar-refractivity contribution in [2.45, 2.75) is 44.2 Å². The van der Waals surface area contributed by atoms with Gasteiger partial charge in [-0.05, 0) is 56.2 Å². The van der Waals surface area contributed by atoms with E-state index in [1.807, 2.05) is 4.90 Å². The summed E-state index contributed by atoms with van der Waals surface area (Å²) in [5, 5.41) is 16.0. The number of halogens is 8. The molecule has 0 bridgehead atoms. The van der Waals surface area contributed by atoms with E-state index in [9.17, 15) is 41.0 Å². The summed E-state index contributed by atoms with van der Waals surface area (Å²) in [5.74, 6) is 0.467. The topological polar surface area (TPSA) is 98.2 Å². The van der Waals surface area contributed by atoms with E-state index in [1.165, 1.54) is 11.9 Å². The predicted octanol–water partition coefficient (Wildman–Crippen LogP) is 6.31. The first-order chi connectivity index (χ1) is 25.0. The second-order valence-corrected chi connectivity index (χ2v) is 12.8. The van der Waals surface area contributed by atoms with E-state index in [1.54, 1.807) is 0 Å². The van der Waals surface area contributed by atoms with Crippen molar-refractivity contribution in [1.29, 1.82) is 0 Å². The molecule has 0 saturated carbocycles. The van der Waals surface area contributed by atoms with Gasteiger partial charge >= 0.3 is 12.4 Å². The van der Waals surface area contributed by atoms with Crippen LogP contribution in [0.2, 0.25) is 0 Å². The summed E-state index contributed by atoms with van der Waals surface area (Å²) in [7, 11) is 0. The minimum atomic E-state index is -4.88. The van der Waals surface area contributed by atoms with Crippen LogP contribution >= 0.6 is 0 Å². The molecule has 3 aliphatic rings. The Bertz CT molecular complexity index is 1990. The van der Waals surface area contributed by atoms with Crippen LogP contribution in [0.4, 0.5) is 40.8 Å². The number of alkyl halides is 6. The van der Waals surface area contributed by atoms with E-state index in [0.29, 0.717) is 63.7 Å². The van der Waals surface area contributed by atoms with Crippen LogP contribution in [0.1, 0.15) is 42.1 Å². The summed E-state index contributed by atoms with van der Waals surface area (Å²) in [6.45, 7) is 3.79. The Morgan fingerprint density at radius 3 is 2.32 bits per heavy atom. The maximum Gasteiger partial charge on any atom is 0.433 e. The lowest BCUT2D eigenvalue weighted by Crippen LogP contribution is -2.60. The molecule has 0 aliphatic carbocycles. The van der Waals surface area contributed by atoms with Crippen molar-refractivity contribution < 1.29 is 54.6 Å². The molecule has 1 atom stereocenters. The van der Waals surface area contributed by atoms with Crippen molar-refractivity contribution in [3.8, 4) is 23.0 Å². The highest BCUT2D eigenvalue weighted by Crippen LogP contribution is 2.43. The molecule has 0 unspecified atom stereocenters. The number of anilines is 1. The smallest absolute Gasteiger partial charge is 0.433 e. The predicted molar refractivity (Wildman–Crippen MR) is 173 cm³/mol. The molecule has 0 spiro atoms. The summed E-state index contributed by atoms with van der Waals surface area (Å²) < 4.78 is 117. The maximum atomic E-state index is 15.5. The number of carbonyl (C=O) groups is 2. The van der Waals surface area contributed by atoms with Crippen molar-refractivity contribution in [2.24, 2.45) is 0 Å². The maximum absolute atomic E-state index is 15.5. The number of rotatable bonds is 6. The fourth-order valence-electron chi connectivity index (χ4n) is 6.51. The van der Waals surface area contributed by atoms with Gasteiger partial charge in [0.2, 0.25) is 0 Å². The van der Waals surface area contributed by atoms with Crippen molar-refractivity contribution in [1.82, 2.24) is 19.9 Å². The van der Waals surface area contributed by atoms with Gasteiger partial charge in [-0.25, -0.2) is 13.8 Å². The number of amides is 2. The van der Waals surface area contributed by atoms with E-state index < -0.39 is 76.0 Å². The van der Waals surface area contributed by atoms with Gasteiger partial charge in [0.25, 0.3) is 11.8 Å². The van der Waals surface area contributed by atoms with Gasteiger partial charge in [-0.2, -0.15) is 26.3 Å². The third-order valence-electron chi connectivity index (χ3n) is 9.36. The average molecular weight is 750 g/mol. The van der Waals surface area contributed by atoms with Crippen LogP contribution in [0.25, 0.3) is 11.1 Å². The molecule has 9 nitrogen and oxygen atoms in total. The summed E-state index contributed by atoms with van der Waals surface area (Å²) >= 11 is 0. The third-order valence-corrected chi connectivity index (χ3v) is 9.36. The lowest BCUT2D eigenvalue weighted by molar-refractivity contribution is -0.160. The third kappa shape index (κ3) is 7.71. The van der Waals surface area contributed by atoms with Crippen molar-refractivity contribution in [2.75, 3.05) is 44.7 Å². The van der Waals surface area contributed by atoms with Gasteiger partial charge < -0.3 is 15.2 Å². The van der Waals surface area contributed by atoms with E-state index in [-0.39, 0.29) is 35.3 Å². The zero-order valence-electron chi connectivity index (χ0n) is 28.0. The standard InChI is InChI=1S/C36H31F8N5O4/c1-34-9-3-11-49(34)48(20-25-26(37)16-21(17-27(25)38)4-2-10-47-12-14-53-15-13-47)33(52)30(31(34)50)32(51)46-28-7-6-23(35(39,40)41)18-24(28)22-5-8-29(45-19-22)36(42,43)44/h5-8,16-19,50H,3,9-15,20H2,1H3,(H,46,51)/t34-/m1/s1. The Kier molecular flexibility index (Phi) is 10.2. The molecule has 17 heteroatoms. The summed E-state index contributed by atoms with van der Waals surface area (Å²) in [6, 6.07) is 5.50. The van der Waals surface area contributed by atoms with Crippen LogP contribution < -0.4 is 5.32 Å². The van der Waals surface area contributed by atoms with Crippen LogP contribution in [0.15, 0.2) is 60.0 Å². The summed E-state index contributed by atoms with van der Waals surface area (Å²) in [4.78, 5) is 33.1. The summed E-state index contributed by atoms with van der Waals surface area (Å²) in [6.07, 6.45) is -8.41. The minimum Gasteiger partial charge on any atom is -0.509 e. The zero-order chi connectivity index (χ0) is 38.3. The van der Waals surface area contributed by atoms with Gasteiger partial charge in [0.05, 0.1) is 37.4 Å².